The number of hydrogen-bond acceptors (Lipinski definition) is 5. The lowest BCUT2D eigenvalue weighted by molar-refractivity contribution is 0.171. The van der Waals surface area contributed by atoms with Crippen molar-refractivity contribution in [1.82, 2.24) is 24.7 Å². The van der Waals surface area contributed by atoms with E-state index in [1.807, 2.05) is 36.3 Å². The number of nitrogens with zero attached hydrogens (tertiary/aromatic N) is 5. The summed E-state index contributed by atoms with van der Waals surface area (Å²) in [5.74, 6) is 2.62. The molecule has 8 nitrogen and oxygen atoms in total. The Morgan fingerprint density at radius 2 is 1.91 bits per heavy atom. The lowest BCUT2D eigenvalue weighted by Crippen LogP contribution is -2.52. The summed E-state index contributed by atoms with van der Waals surface area (Å²) in [7, 11) is 1.85. The first-order valence-corrected chi connectivity index (χ1v) is 10.9. The second kappa shape index (κ2) is 9.32. The molecule has 3 aromatic rings. The molecule has 1 aromatic heterocycles. The molecular weight excluding hydrogens is 404 g/mol. The Labute approximate surface area is 188 Å². The van der Waals surface area contributed by atoms with Gasteiger partial charge in [-0.25, -0.2) is 4.98 Å². The maximum absolute atomic E-state index is 5.51. The SMILES string of the molecule is CN=C(NCc1ccccc1-n1ccnc1)N1CCN(Cc2ccc3c(c2)OCO3)CC1. The van der Waals surface area contributed by atoms with Gasteiger partial charge in [-0.3, -0.25) is 9.89 Å². The van der Waals surface area contributed by atoms with Crippen LogP contribution in [0.25, 0.3) is 5.69 Å². The van der Waals surface area contributed by atoms with Crippen LogP contribution in [0.1, 0.15) is 11.1 Å². The van der Waals surface area contributed by atoms with Gasteiger partial charge in [0.25, 0.3) is 0 Å². The highest BCUT2D eigenvalue weighted by molar-refractivity contribution is 5.80. The van der Waals surface area contributed by atoms with Crippen LogP contribution in [0.5, 0.6) is 11.5 Å². The summed E-state index contributed by atoms with van der Waals surface area (Å²) in [5, 5.41) is 3.54. The predicted molar refractivity (Wildman–Crippen MR) is 123 cm³/mol. The molecule has 2 aromatic carbocycles. The summed E-state index contributed by atoms with van der Waals surface area (Å²) in [6.45, 7) is 5.78. The monoisotopic (exact) mass is 432 g/mol. The van der Waals surface area contributed by atoms with E-state index >= 15 is 0 Å². The lowest BCUT2D eigenvalue weighted by Gasteiger charge is -2.36. The largest absolute Gasteiger partial charge is 0.454 e. The molecule has 0 bridgehead atoms. The van der Waals surface area contributed by atoms with Crippen LogP contribution >= 0.6 is 0 Å². The van der Waals surface area contributed by atoms with Crippen molar-refractivity contribution in [3.63, 3.8) is 0 Å². The molecule has 1 N–H and O–H groups in total. The number of nitrogens with one attached hydrogen (secondary N) is 1. The standard InChI is InChI=1S/C24H28N6O2/c1-25-24(27-15-20-4-2-3-5-21(20)30-9-8-26-17-30)29-12-10-28(11-13-29)16-19-6-7-22-23(14-19)32-18-31-22/h2-9,14,17H,10-13,15-16,18H2,1H3,(H,25,27). The van der Waals surface area contributed by atoms with Gasteiger partial charge < -0.3 is 24.3 Å². The van der Waals surface area contributed by atoms with Crippen LogP contribution in [0.2, 0.25) is 0 Å². The number of piperazine rings is 1. The Morgan fingerprint density at radius 1 is 1.06 bits per heavy atom. The van der Waals surface area contributed by atoms with E-state index < -0.39 is 0 Å². The quantitative estimate of drug-likeness (QED) is 0.494. The number of fused-ring (bicyclic) bond motifs is 1. The average molecular weight is 433 g/mol. The lowest BCUT2D eigenvalue weighted by atomic mass is 10.1. The van der Waals surface area contributed by atoms with Crippen molar-refractivity contribution in [3.8, 4) is 17.2 Å². The van der Waals surface area contributed by atoms with Crippen molar-refractivity contribution in [2.24, 2.45) is 4.99 Å². The fraction of sp³-hybridized carbons (Fsp3) is 0.333. The minimum Gasteiger partial charge on any atom is -0.454 e. The van der Waals surface area contributed by atoms with Gasteiger partial charge in [0.05, 0.1) is 12.0 Å². The highest BCUT2D eigenvalue weighted by Gasteiger charge is 2.21. The zero-order valence-corrected chi connectivity index (χ0v) is 18.3. The number of aromatic nitrogens is 2. The number of hydrogen-bond donors (Lipinski definition) is 1. The van der Waals surface area contributed by atoms with Crippen LogP contribution in [0.15, 0.2) is 66.2 Å². The van der Waals surface area contributed by atoms with E-state index in [4.69, 9.17) is 9.47 Å². The van der Waals surface area contributed by atoms with E-state index in [-0.39, 0.29) is 0 Å². The summed E-state index contributed by atoms with van der Waals surface area (Å²) in [6.07, 6.45) is 5.59. The van der Waals surface area contributed by atoms with Gasteiger partial charge in [-0.2, -0.15) is 0 Å². The number of imidazole rings is 1. The number of benzene rings is 2. The smallest absolute Gasteiger partial charge is 0.231 e. The molecular formula is C24H28N6O2. The second-order valence-electron chi connectivity index (χ2n) is 7.95. The van der Waals surface area contributed by atoms with Gasteiger partial charge in [-0.05, 0) is 29.3 Å². The van der Waals surface area contributed by atoms with Crippen molar-refractivity contribution in [1.29, 1.82) is 0 Å². The third-order valence-electron chi connectivity index (χ3n) is 5.94. The highest BCUT2D eigenvalue weighted by atomic mass is 16.7. The Balaban J connectivity index is 1.16. The van der Waals surface area contributed by atoms with Gasteiger partial charge in [0.2, 0.25) is 6.79 Å². The molecule has 3 heterocycles. The Hall–Kier alpha value is -3.52. The molecule has 8 heteroatoms. The van der Waals surface area contributed by atoms with Crippen molar-refractivity contribution in [2.45, 2.75) is 13.1 Å². The summed E-state index contributed by atoms with van der Waals surface area (Å²) < 4.78 is 13.0. The van der Waals surface area contributed by atoms with E-state index in [0.29, 0.717) is 13.3 Å². The van der Waals surface area contributed by atoms with Crippen LogP contribution < -0.4 is 14.8 Å². The molecule has 0 radical (unpaired) electrons. The Morgan fingerprint density at radius 3 is 2.72 bits per heavy atom. The molecule has 0 atom stereocenters. The minimum atomic E-state index is 0.316. The van der Waals surface area contributed by atoms with Crippen LogP contribution in [-0.4, -0.2) is 65.3 Å². The normalized spacial score (nSPS) is 16.4. The molecule has 2 aliphatic rings. The first-order valence-electron chi connectivity index (χ1n) is 10.9. The van der Waals surface area contributed by atoms with Crippen molar-refractivity contribution >= 4 is 5.96 Å². The van der Waals surface area contributed by atoms with Gasteiger partial charge >= 0.3 is 0 Å². The highest BCUT2D eigenvalue weighted by Crippen LogP contribution is 2.32. The van der Waals surface area contributed by atoms with Gasteiger partial charge in [-0.1, -0.05) is 24.3 Å². The average Bonchev–Trinajstić information content (AvgIpc) is 3.53. The minimum absolute atomic E-state index is 0.316. The Bertz CT molecular complexity index is 1070. The van der Waals surface area contributed by atoms with Crippen LogP contribution in [0.4, 0.5) is 0 Å². The molecule has 5 rings (SSSR count). The third kappa shape index (κ3) is 4.40. The van der Waals surface area contributed by atoms with Gasteiger partial charge in [0.1, 0.15) is 0 Å². The molecule has 0 saturated carbocycles. The molecule has 0 unspecified atom stereocenters. The first-order chi connectivity index (χ1) is 15.8. The van der Waals surface area contributed by atoms with Crippen LogP contribution in [0.3, 0.4) is 0 Å². The maximum Gasteiger partial charge on any atom is 0.231 e. The van der Waals surface area contributed by atoms with E-state index in [9.17, 15) is 0 Å². The second-order valence-corrected chi connectivity index (χ2v) is 7.95. The molecule has 32 heavy (non-hydrogen) atoms. The third-order valence-corrected chi connectivity index (χ3v) is 5.94. The van der Waals surface area contributed by atoms with Gasteiger partial charge in [0.15, 0.2) is 17.5 Å². The van der Waals surface area contributed by atoms with Gasteiger partial charge in [-0.15, -0.1) is 0 Å². The summed E-state index contributed by atoms with van der Waals surface area (Å²) in [5.41, 5.74) is 3.58. The molecule has 166 valence electrons. The summed E-state index contributed by atoms with van der Waals surface area (Å²) >= 11 is 0. The number of rotatable bonds is 5. The predicted octanol–water partition coefficient (Wildman–Crippen LogP) is 2.49. The Kier molecular flexibility index (Phi) is 5.93. The first kappa shape index (κ1) is 20.4. The molecule has 2 aliphatic heterocycles. The van der Waals surface area contributed by atoms with Crippen molar-refractivity contribution in [2.75, 3.05) is 40.0 Å². The summed E-state index contributed by atoms with van der Waals surface area (Å²) in [4.78, 5) is 13.5. The van der Waals surface area contributed by atoms with Crippen molar-refractivity contribution in [3.05, 3.63) is 72.3 Å². The van der Waals surface area contributed by atoms with E-state index in [2.05, 4.69) is 55.4 Å². The number of para-hydroxylation sites is 1. The topological polar surface area (TPSA) is 67.2 Å². The van der Waals surface area contributed by atoms with Crippen molar-refractivity contribution < 1.29 is 9.47 Å². The number of aliphatic imine (C=N–C) groups is 1. The van der Waals surface area contributed by atoms with Crippen LogP contribution in [0, 0.1) is 0 Å². The van der Waals surface area contributed by atoms with E-state index in [1.54, 1.807) is 6.20 Å². The number of guanidine groups is 1. The molecule has 0 aliphatic carbocycles. The molecule has 1 saturated heterocycles. The summed E-state index contributed by atoms with van der Waals surface area (Å²) in [6, 6.07) is 14.6. The van der Waals surface area contributed by atoms with Crippen LogP contribution in [-0.2, 0) is 13.1 Å². The zero-order valence-electron chi connectivity index (χ0n) is 18.3. The van der Waals surface area contributed by atoms with Gasteiger partial charge in [0, 0.05) is 58.7 Å². The maximum atomic E-state index is 5.51. The fourth-order valence-electron chi connectivity index (χ4n) is 4.24. The zero-order chi connectivity index (χ0) is 21.8. The number of ether oxygens (including phenoxy) is 2. The fourth-order valence-corrected chi connectivity index (χ4v) is 4.24. The molecule has 1 fully saturated rings. The van der Waals surface area contributed by atoms with E-state index in [1.165, 1.54) is 11.1 Å². The molecule has 0 amide bonds. The van der Waals surface area contributed by atoms with E-state index in [0.717, 1.165) is 55.9 Å². The molecule has 0 spiro atoms.